The van der Waals surface area contributed by atoms with Crippen molar-refractivity contribution in [1.82, 2.24) is 4.98 Å². The van der Waals surface area contributed by atoms with Crippen LogP contribution in [0.1, 0.15) is 65.6 Å². The van der Waals surface area contributed by atoms with Crippen LogP contribution in [0.5, 0.6) is 0 Å². The predicted octanol–water partition coefficient (Wildman–Crippen LogP) is 5.59. The van der Waals surface area contributed by atoms with Gasteiger partial charge in [0.1, 0.15) is 0 Å². The average Bonchev–Trinajstić information content (AvgIpc) is 3.13. The number of hydrogen-bond acceptors (Lipinski definition) is 2. The van der Waals surface area contributed by atoms with Gasteiger partial charge in [-0.25, -0.2) is 0 Å². The highest BCUT2D eigenvalue weighted by Crippen LogP contribution is 2.36. The Kier molecular flexibility index (Phi) is 5.17. The Hall–Kier alpha value is -2.68. The molecule has 0 spiro atoms. The normalized spacial score (nSPS) is 14.2. The lowest BCUT2D eigenvalue weighted by Gasteiger charge is -2.21. The smallest absolute Gasteiger partial charge is 0.311 e. The number of pyridine rings is 1. The highest BCUT2D eigenvalue weighted by Gasteiger charge is 2.27. The molecule has 0 radical (unpaired) electrons. The van der Waals surface area contributed by atoms with Crippen LogP contribution in [-0.2, 0) is 24.1 Å². The van der Waals surface area contributed by atoms with E-state index in [2.05, 4.69) is 24.3 Å². The molecule has 1 atom stereocenters. The van der Waals surface area contributed by atoms with Crippen molar-refractivity contribution in [2.24, 2.45) is 0 Å². The second-order valence-corrected chi connectivity index (χ2v) is 7.92. The first-order valence-corrected chi connectivity index (χ1v) is 10.3. The molecule has 1 aliphatic carbocycles. The molecule has 3 heteroatoms. The van der Waals surface area contributed by atoms with Crippen molar-refractivity contribution < 1.29 is 9.90 Å². The number of carboxylic acid groups (broad SMARTS) is 1. The number of hydrogen-bond donors (Lipinski definition) is 1. The van der Waals surface area contributed by atoms with E-state index in [-0.39, 0.29) is 0 Å². The fourth-order valence-electron chi connectivity index (χ4n) is 4.68. The molecular weight excluding hydrogens is 346 g/mol. The van der Waals surface area contributed by atoms with Gasteiger partial charge in [0.05, 0.1) is 11.4 Å². The Morgan fingerprint density at radius 2 is 1.86 bits per heavy atom. The van der Waals surface area contributed by atoms with Gasteiger partial charge in [-0.15, -0.1) is 0 Å². The monoisotopic (exact) mass is 373 g/mol. The second-order valence-electron chi connectivity index (χ2n) is 7.92. The van der Waals surface area contributed by atoms with Crippen LogP contribution in [0.15, 0.2) is 42.5 Å². The number of aliphatic carboxylic acids is 1. The molecule has 1 aromatic heterocycles. The highest BCUT2D eigenvalue weighted by atomic mass is 16.4. The van der Waals surface area contributed by atoms with Gasteiger partial charge in [-0.2, -0.15) is 0 Å². The molecule has 1 aliphatic rings. The molecule has 0 amide bonds. The third-order valence-electron chi connectivity index (χ3n) is 5.99. The quantitative estimate of drug-likeness (QED) is 0.613. The standard InChI is InChI=1S/C25H27NO2/c1-3-8-20(25(27)28)24-16(2)26-23-15-19-12-7-11-18(19)14-21(23)22(24)13-17-9-5-4-6-10-17/h4-6,9-10,14-15,20H,3,7-8,11-13H2,1-2H3,(H,27,28). The molecule has 3 aromatic rings. The van der Waals surface area contributed by atoms with Crippen LogP contribution in [0.25, 0.3) is 10.9 Å². The first-order chi connectivity index (χ1) is 13.6. The number of fused-ring (bicyclic) bond motifs is 2. The van der Waals surface area contributed by atoms with E-state index in [1.54, 1.807) is 0 Å². The van der Waals surface area contributed by atoms with E-state index in [0.29, 0.717) is 6.42 Å². The molecule has 0 saturated carbocycles. The van der Waals surface area contributed by atoms with Gasteiger partial charge in [0.25, 0.3) is 0 Å². The molecule has 1 N–H and O–H groups in total. The molecule has 3 nitrogen and oxygen atoms in total. The van der Waals surface area contributed by atoms with Crippen molar-refractivity contribution in [1.29, 1.82) is 0 Å². The van der Waals surface area contributed by atoms with Crippen LogP contribution in [0, 0.1) is 6.92 Å². The van der Waals surface area contributed by atoms with Gasteiger partial charge < -0.3 is 5.11 Å². The van der Waals surface area contributed by atoms with Gasteiger partial charge in [0.2, 0.25) is 0 Å². The van der Waals surface area contributed by atoms with Crippen molar-refractivity contribution in [2.75, 3.05) is 0 Å². The number of rotatable bonds is 6. The van der Waals surface area contributed by atoms with E-state index in [4.69, 9.17) is 4.98 Å². The molecule has 4 rings (SSSR count). The highest BCUT2D eigenvalue weighted by molar-refractivity contribution is 5.88. The van der Waals surface area contributed by atoms with Crippen LogP contribution in [0.3, 0.4) is 0 Å². The lowest BCUT2D eigenvalue weighted by atomic mass is 9.84. The molecule has 2 aromatic carbocycles. The summed E-state index contributed by atoms with van der Waals surface area (Å²) >= 11 is 0. The molecule has 28 heavy (non-hydrogen) atoms. The predicted molar refractivity (Wildman–Crippen MR) is 113 cm³/mol. The number of nitrogens with zero attached hydrogens (tertiary/aromatic N) is 1. The number of benzene rings is 2. The van der Waals surface area contributed by atoms with E-state index in [9.17, 15) is 9.90 Å². The zero-order valence-corrected chi connectivity index (χ0v) is 16.7. The zero-order valence-electron chi connectivity index (χ0n) is 16.7. The van der Waals surface area contributed by atoms with Gasteiger partial charge in [-0.1, -0.05) is 43.7 Å². The third kappa shape index (κ3) is 3.42. The lowest BCUT2D eigenvalue weighted by Crippen LogP contribution is -2.17. The topological polar surface area (TPSA) is 50.2 Å². The summed E-state index contributed by atoms with van der Waals surface area (Å²) in [6, 6.07) is 14.9. The summed E-state index contributed by atoms with van der Waals surface area (Å²) < 4.78 is 0. The zero-order chi connectivity index (χ0) is 19.7. The van der Waals surface area contributed by atoms with Gasteiger partial charge in [0.15, 0.2) is 0 Å². The van der Waals surface area contributed by atoms with E-state index in [0.717, 1.165) is 53.4 Å². The Labute approximate surface area is 166 Å². The molecule has 144 valence electrons. The van der Waals surface area contributed by atoms with Crippen molar-refractivity contribution in [3.8, 4) is 0 Å². The maximum Gasteiger partial charge on any atom is 0.311 e. The molecule has 1 heterocycles. The SMILES string of the molecule is CCCC(C(=O)O)c1c(C)nc2cc3c(cc2c1Cc1ccccc1)CCC3. The first-order valence-electron chi connectivity index (χ1n) is 10.3. The van der Waals surface area contributed by atoms with E-state index < -0.39 is 11.9 Å². The Morgan fingerprint density at radius 3 is 2.54 bits per heavy atom. The van der Waals surface area contributed by atoms with E-state index in [1.165, 1.54) is 23.1 Å². The summed E-state index contributed by atoms with van der Waals surface area (Å²) in [5, 5.41) is 11.1. The minimum absolute atomic E-state index is 0.506. The Bertz CT molecular complexity index is 1020. The molecule has 0 saturated heterocycles. The van der Waals surface area contributed by atoms with Crippen LogP contribution < -0.4 is 0 Å². The van der Waals surface area contributed by atoms with Gasteiger partial charge in [0, 0.05) is 11.1 Å². The first kappa shape index (κ1) is 18.7. The van der Waals surface area contributed by atoms with Crippen LogP contribution in [0.4, 0.5) is 0 Å². The average molecular weight is 373 g/mol. The molecule has 0 aliphatic heterocycles. The summed E-state index contributed by atoms with van der Waals surface area (Å²) in [6.45, 7) is 4.02. The van der Waals surface area contributed by atoms with Crippen LogP contribution in [0.2, 0.25) is 0 Å². The molecule has 0 bridgehead atoms. The summed E-state index contributed by atoms with van der Waals surface area (Å²) in [5.41, 5.74) is 7.94. The fraction of sp³-hybridized carbons (Fsp3) is 0.360. The Morgan fingerprint density at radius 1 is 1.14 bits per heavy atom. The maximum atomic E-state index is 12.1. The number of carbonyl (C=O) groups is 1. The second kappa shape index (κ2) is 7.75. The van der Waals surface area contributed by atoms with Crippen molar-refractivity contribution in [2.45, 2.75) is 58.3 Å². The maximum absolute atomic E-state index is 12.1. The summed E-state index contributed by atoms with van der Waals surface area (Å²) in [5.74, 6) is -1.25. The lowest BCUT2D eigenvalue weighted by molar-refractivity contribution is -0.139. The minimum Gasteiger partial charge on any atom is -0.481 e. The number of aromatic nitrogens is 1. The summed E-state index contributed by atoms with van der Waals surface area (Å²) in [4.78, 5) is 17.0. The number of aryl methyl sites for hydroxylation is 3. The molecule has 0 fully saturated rings. The molecule has 1 unspecified atom stereocenters. The Balaban J connectivity index is 1.98. The van der Waals surface area contributed by atoms with Crippen LogP contribution in [-0.4, -0.2) is 16.1 Å². The largest absolute Gasteiger partial charge is 0.481 e. The number of carboxylic acids is 1. The van der Waals surface area contributed by atoms with Crippen LogP contribution >= 0.6 is 0 Å². The summed E-state index contributed by atoms with van der Waals surface area (Å²) in [6.07, 6.45) is 5.63. The van der Waals surface area contributed by atoms with Gasteiger partial charge in [-0.3, -0.25) is 9.78 Å². The molecular formula is C25H27NO2. The summed E-state index contributed by atoms with van der Waals surface area (Å²) in [7, 11) is 0. The van der Waals surface area contributed by atoms with E-state index in [1.807, 2.05) is 32.0 Å². The third-order valence-corrected chi connectivity index (χ3v) is 5.99. The van der Waals surface area contributed by atoms with Gasteiger partial charge in [-0.05, 0) is 79.0 Å². The van der Waals surface area contributed by atoms with E-state index >= 15 is 0 Å². The van der Waals surface area contributed by atoms with Gasteiger partial charge >= 0.3 is 5.97 Å². The van der Waals surface area contributed by atoms with Crippen molar-refractivity contribution >= 4 is 16.9 Å². The fourth-order valence-corrected chi connectivity index (χ4v) is 4.68. The minimum atomic E-state index is -0.749. The van der Waals surface area contributed by atoms with Crippen molar-refractivity contribution in [3.63, 3.8) is 0 Å². The van der Waals surface area contributed by atoms with Crippen molar-refractivity contribution in [3.05, 3.63) is 76.0 Å².